The second-order valence-corrected chi connectivity index (χ2v) is 5.80. The molecule has 0 radical (unpaired) electrons. The first-order valence-corrected chi connectivity index (χ1v) is 6.23. The molecule has 0 saturated carbocycles. The van der Waals surface area contributed by atoms with Crippen LogP contribution in [0.1, 0.15) is 37.7 Å². The molecular formula is C14H19N3O2. The first kappa shape index (κ1) is 13.4. The van der Waals surface area contributed by atoms with E-state index >= 15 is 0 Å². The lowest BCUT2D eigenvalue weighted by Gasteiger charge is -2.25. The van der Waals surface area contributed by atoms with Gasteiger partial charge in [0.1, 0.15) is 5.70 Å². The summed E-state index contributed by atoms with van der Waals surface area (Å²) in [5.41, 5.74) is 3.42. The van der Waals surface area contributed by atoms with Crippen LogP contribution in [0.4, 0.5) is 4.79 Å². The minimum Gasteiger partial charge on any atom is -0.343 e. The Hall–Kier alpha value is -2.04. The summed E-state index contributed by atoms with van der Waals surface area (Å²) in [6.07, 6.45) is 1.71. The van der Waals surface area contributed by atoms with Crippen LogP contribution in [0.2, 0.25) is 0 Å². The average molecular weight is 261 g/mol. The zero-order valence-corrected chi connectivity index (χ0v) is 11.9. The van der Waals surface area contributed by atoms with E-state index < -0.39 is 6.03 Å². The van der Waals surface area contributed by atoms with E-state index in [1.165, 1.54) is 0 Å². The summed E-state index contributed by atoms with van der Waals surface area (Å²) in [7, 11) is 0. The zero-order chi connectivity index (χ0) is 14.4. The van der Waals surface area contributed by atoms with E-state index in [4.69, 9.17) is 0 Å². The van der Waals surface area contributed by atoms with Gasteiger partial charge in [-0.2, -0.15) is 0 Å². The predicted octanol–water partition coefficient (Wildman–Crippen LogP) is 2.04. The van der Waals surface area contributed by atoms with Crippen LogP contribution in [-0.4, -0.2) is 16.5 Å². The first-order chi connectivity index (χ1) is 8.70. The summed E-state index contributed by atoms with van der Waals surface area (Å²) >= 11 is 0. The van der Waals surface area contributed by atoms with Crippen LogP contribution in [0, 0.1) is 13.8 Å². The SMILES string of the molecule is Cc1cc(/C=C2/NC(=O)NC2=O)c(C)n1C(C)(C)C. The van der Waals surface area contributed by atoms with Crippen molar-refractivity contribution in [3.63, 3.8) is 0 Å². The van der Waals surface area contributed by atoms with Crippen molar-refractivity contribution < 1.29 is 9.59 Å². The molecule has 1 aromatic heterocycles. The van der Waals surface area contributed by atoms with E-state index in [0.29, 0.717) is 5.70 Å². The summed E-state index contributed by atoms with van der Waals surface area (Å²) in [6, 6.07) is 1.55. The maximum Gasteiger partial charge on any atom is 0.326 e. The smallest absolute Gasteiger partial charge is 0.326 e. The van der Waals surface area contributed by atoms with Gasteiger partial charge in [0.05, 0.1) is 0 Å². The third-order valence-corrected chi connectivity index (χ3v) is 3.16. The molecule has 1 aliphatic heterocycles. The van der Waals surface area contributed by atoms with Crippen molar-refractivity contribution in [3.05, 3.63) is 28.7 Å². The van der Waals surface area contributed by atoms with Crippen LogP contribution in [0.5, 0.6) is 0 Å². The summed E-state index contributed by atoms with van der Waals surface area (Å²) in [5, 5.41) is 4.69. The molecule has 0 aliphatic carbocycles. The molecule has 0 spiro atoms. The van der Waals surface area contributed by atoms with Crippen molar-refractivity contribution in [3.8, 4) is 0 Å². The number of urea groups is 1. The summed E-state index contributed by atoms with van der Waals surface area (Å²) in [6.45, 7) is 10.4. The quantitative estimate of drug-likeness (QED) is 0.600. The van der Waals surface area contributed by atoms with Gasteiger partial charge in [0.25, 0.3) is 5.91 Å². The molecule has 2 heterocycles. The van der Waals surface area contributed by atoms with Crippen molar-refractivity contribution >= 4 is 18.0 Å². The fourth-order valence-electron chi connectivity index (χ4n) is 2.60. The molecule has 102 valence electrons. The number of nitrogens with zero attached hydrogens (tertiary/aromatic N) is 1. The second kappa shape index (κ2) is 4.26. The second-order valence-electron chi connectivity index (χ2n) is 5.80. The molecule has 0 atom stereocenters. The summed E-state index contributed by atoms with van der Waals surface area (Å²) < 4.78 is 2.22. The van der Waals surface area contributed by atoms with Crippen LogP contribution < -0.4 is 10.6 Å². The number of nitrogens with one attached hydrogen (secondary N) is 2. The molecule has 1 fully saturated rings. The minimum absolute atomic E-state index is 0.0217. The highest BCUT2D eigenvalue weighted by Gasteiger charge is 2.24. The molecule has 1 aliphatic rings. The lowest BCUT2D eigenvalue weighted by molar-refractivity contribution is -0.115. The third kappa shape index (κ3) is 2.41. The highest BCUT2D eigenvalue weighted by Crippen LogP contribution is 2.25. The van der Waals surface area contributed by atoms with Gasteiger partial charge in [0.15, 0.2) is 0 Å². The largest absolute Gasteiger partial charge is 0.343 e. The Bertz CT molecular complexity index is 589. The van der Waals surface area contributed by atoms with Gasteiger partial charge in [0.2, 0.25) is 0 Å². The number of imide groups is 1. The van der Waals surface area contributed by atoms with E-state index in [0.717, 1.165) is 17.0 Å². The fraction of sp³-hybridized carbons (Fsp3) is 0.429. The van der Waals surface area contributed by atoms with Crippen LogP contribution in [0.25, 0.3) is 6.08 Å². The van der Waals surface area contributed by atoms with E-state index in [9.17, 15) is 9.59 Å². The van der Waals surface area contributed by atoms with E-state index in [1.54, 1.807) is 6.08 Å². The van der Waals surface area contributed by atoms with Crippen molar-refractivity contribution in [2.75, 3.05) is 0 Å². The molecule has 2 rings (SSSR count). The van der Waals surface area contributed by atoms with Gasteiger partial charge in [-0.3, -0.25) is 10.1 Å². The minimum atomic E-state index is -0.471. The molecule has 5 heteroatoms. The maximum absolute atomic E-state index is 11.5. The molecule has 0 bridgehead atoms. The molecule has 1 saturated heterocycles. The van der Waals surface area contributed by atoms with Gasteiger partial charge in [-0.1, -0.05) is 0 Å². The predicted molar refractivity (Wildman–Crippen MR) is 73.6 cm³/mol. The van der Waals surface area contributed by atoms with Gasteiger partial charge >= 0.3 is 6.03 Å². The molecule has 2 N–H and O–H groups in total. The van der Waals surface area contributed by atoms with Crippen molar-refractivity contribution in [2.45, 2.75) is 40.2 Å². The molecule has 5 nitrogen and oxygen atoms in total. The number of aromatic nitrogens is 1. The van der Waals surface area contributed by atoms with Gasteiger partial charge in [-0.05, 0) is 52.3 Å². The van der Waals surface area contributed by atoms with Crippen molar-refractivity contribution in [1.29, 1.82) is 0 Å². The summed E-state index contributed by atoms with van der Waals surface area (Å²) in [5.74, 6) is -0.384. The fourth-order valence-corrected chi connectivity index (χ4v) is 2.60. The monoisotopic (exact) mass is 261 g/mol. The zero-order valence-electron chi connectivity index (χ0n) is 11.9. The topological polar surface area (TPSA) is 63.1 Å². The van der Waals surface area contributed by atoms with Crippen LogP contribution in [0.15, 0.2) is 11.8 Å². The number of carbonyl (C=O) groups excluding carboxylic acids is 2. The molecule has 1 aromatic rings. The standard InChI is InChI=1S/C14H19N3O2/c1-8-6-10(9(2)17(8)14(3,4)5)7-11-12(18)16-13(19)15-11/h6-7H,1-5H3,(H2,15,16,18,19)/b11-7+. The maximum atomic E-state index is 11.5. The Morgan fingerprint density at radius 1 is 1.16 bits per heavy atom. The molecule has 0 unspecified atom stereocenters. The van der Waals surface area contributed by atoms with Crippen molar-refractivity contribution in [1.82, 2.24) is 15.2 Å². The van der Waals surface area contributed by atoms with E-state index in [2.05, 4.69) is 36.0 Å². The number of aryl methyl sites for hydroxylation is 1. The van der Waals surface area contributed by atoms with Gasteiger partial charge in [0, 0.05) is 16.9 Å². The molecule has 19 heavy (non-hydrogen) atoms. The number of rotatable bonds is 1. The lowest BCUT2D eigenvalue weighted by atomic mass is 10.1. The van der Waals surface area contributed by atoms with E-state index in [1.807, 2.05) is 19.9 Å². The van der Waals surface area contributed by atoms with Gasteiger partial charge in [-0.15, -0.1) is 0 Å². The Morgan fingerprint density at radius 2 is 1.79 bits per heavy atom. The Balaban J connectivity index is 2.46. The van der Waals surface area contributed by atoms with Crippen LogP contribution >= 0.6 is 0 Å². The normalized spacial score (nSPS) is 17.8. The highest BCUT2D eigenvalue weighted by molar-refractivity contribution is 6.14. The summed E-state index contributed by atoms with van der Waals surface area (Å²) in [4.78, 5) is 22.6. The first-order valence-electron chi connectivity index (χ1n) is 6.23. The van der Waals surface area contributed by atoms with Crippen LogP contribution in [-0.2, 0) is 10.3 Å². The average Bonchev–Trinajstić information content (AvgIpc) is 2.67. The van der Waals surface area contributed by atoms with Crippen molar-refractivity contribution in [2.24, 2.45) is 0 Å². The number of hydrogen-bond acceptors (Lipinski definition) is 2. The number of amides is 3. The number of carbonyl (C=O) groups is 2. The lowest BCUT2D eigenvalue weighted by Crippen LogP contribution is -2.24. The molecule has 3 amide bonds. The van der Waals surface area contributed by atoms with Gasteiger partial charge < -0.3 is 9.88 Å². The van der Waals surface area contributed by atoms with Crippen LogP contribution in [0.3, 0.4) is 0 Å². The Labute approximate surface area is 112 Å². The highest BCUT2D eigenvalue weighted by atomic mass is 16.2. The third-order valence-electron chi connectivity index (χ3n) is 3.16. The van der Waals surface area contributed by atoms with Gasteiger partial charge in [-0.25, -0.2) is 4.79 Å². The van der Waals surface area contributed by atoms with E-state index in [-0.39, 0.29) is 11.4 Å². The molecular weight excluding hydrogens is 242 g/mol. The Kier molecular flexibility index (Phi) is 3.00. The molecule has 0 aromatic carbocycles. The Morgan fingerprint density at radius 3 is 2.21 bits per heavy atom. The number of hydrogen-bond donors (Lipinski definition) is 2.